The quantitative estimate of drug-likeness (QED) is 0.302. The first kappa shape index (κ1) is 36.0. The predicted molar refractivity (Wildman–Crippen MR) is 159 cm³/mol. The smallest absolute Gasteiger partial charge is 0.408 e. The van der Waals surface area contributed by atoms with Crippen molar-refractivity contribution in [2.75, 3.05) is 14.1 Å². The van der Waals surface area contributed by atoms with Gasteiger partial charge >= 0.3 is 18.2 Å². The van der Waals surface area contributed by atoms with Crippen LogP contribution in [0.3, 0.4) is 0 Å². The fourth-order valence-corrected chi connectivity index (χ4v) is 7.41. The van der Waals surface area contributed by atoms with Crippen molar-refractivity contribution in [3.8, 4) is 0 Å². The van der Waals surface area contributed by atoms with Crippen molar-refractivity contribution in [2.45, 2.75) is 135 Å². The largest absolute Gasteiger partial charge is 0.458 e. The predicted octanol–water partition coefficient (Wildman–Crippen LogP) is 2.75. The summed E-state index contributed by atoms with van der Waals surface area (Å²) in [5.41, 5.74) is 2.69. The Hall–Kier alpha value is -2.48. The van der Waals surface area contributed by atoms with Crippen molar-refractivity contribution >= 4 is 23.9 Å². The van der Waals surface area contributed by atoms with E-state index in [0.717, 1.165) is 6.42 Å². The van der Waals surface area contributed by atoms with Crippen molar-refractivity contribution in [1.82, 2.24) is 10.2 Å². The van der Waals surface area contributed by atoms with E-state index in [9.17, 15) is 24.3 Å². The van der Waals surface area contributed by atoms with Gasteiger partial charge in [0.1, 0.15) is 23.6 Å². The van der Waals surface area contributed by atoms with Crippen LogP contribution in [0.5, 0.6) is 0 Å². The summed E-state index contributed by atoms with van der Waals surface area (Å²) in [5, 5.41) is 14.4. The van der Waals surface area contributed by atoms with Gasteiger partial charge in [-0.15, -0.1) is 0 Å². The molecule has 13 nitrogen and oxygen atoms in total. The Bertz CT molecular complexity index is 1070. The number of carbonyl (C=O) groups is 4. The van der Waals surface area contributed by atoms with E-state index >= 15 is 0 Å². The van der Waals surface area contributed by atoms with Crippen molar-refractivity contribution in [2.24, 2.45) is 29.4 Å². The Morgan fingerprint density at radius 2 is 1.73 bits per heavy atom. The Morgan fingerprint density at radius 1 is 1.09 bits per heavy atom. The number of hydrogen-bond acceptors (Lipinski definition) is 11. The Kier molecular flexibility index (Phi) is 11.4. The minimum Gasteiger partial charge on any atom is -0.458 e. The average molecular weight is 628 g/mol. The molecule has 0 aliphatic carbocycles. The number of nitrogens with zero attached hydrogens (tertiary/aromatic N) is 1. The number of aliphatic hydroxyl groups excluding tert-OH is 1. The maximum Gasteiger partial charge on any atom is 0.408 e. The molecule has 13 atom stereocenters. The highest BCUT2D eigenvalue weighted by atomic mass is 16.7. The van der Waals surface area contributed by atoms with E-state index in [1.54, 1.807) is 48.5 Å². The monoisotopic (exact) mass is 627 g/mol. The van der Waals surface area contributed by atoms with E-state index in [1.807, 2.05) is 21.0 Å². The standard InChI is InChI=1S/C31H53N3O10/c1-11-21-31(8)25(33-29(39)44-31)17(4)23(35)15(2)14-30(7,43-28(32)38)26(18(5)24(36)19(6)27(37)41-21)42-22-13-20(34(9)10)12-16(3)40-22/h15-22,24-26,36H,11-14H2,1-10H3,(H2,32,38)(H,33,39)/t15-,16-,17+,18+,19-,20+,21-,22+,24+,25-,26-,30-,31-/m1/s1. The molecule has 44 heavy (non-hydrogen) atoms. The van der Waals surface area contributed by atoms with Crippen LogP contribution in [0, 0.1) is 23.7 Å². The molecular weight excluding hydrogens is 574 g/mol. The molecule has 0 radical (unpaired) electrons. The average Bonchev–Trinajstić information content (AvgIpc) is 3.25. The van der Waals surface area contributed by atoms with Crippen molar-refractivity contribution in [3.63, 3.8) is 0 Å². The number of carbonyl (C=O) groups excluding carboxylic acids is 4. The van der Waals surface area contributed by atoms with Crippen LogP contribution in [0.1, 0.15) is 81.1 Å². The van der Waals surface area contributed by atoms with E-state index < -0.39 is 83.7 Å². The minimum absolute atomic E-state index is 0.0194. The van der Waals surface area contributed by atoms with Gasteiger partial charge in [-0.05, 0) is 61.1 Å². The molecule has 3 rings (SSSR count). The minimum atomic E-state index is -1.53. The normalized spacial score (nSPS) is 44.2. The molecule has 3 aliphatic heterocycles. The molecule has 3 aliphatic rings. The molecule has 0 spiro atoms. The van der Waals surface area contributed by atoms with Crippen LogP contribution in [0.4, 0.5) is 9.59 Å². The van der Waals surface area contributed by atoms with Crippen LogP contribution in [0.2, 0.25) is 0 Å². The number of amides is 2. The number of ether oxygens (including phenoxy) is 5. The van der Waals surface area contributed by atoms with Gasteiger partial charge in [0.15, 0.2) is 11.9 Å². The second-order valence-corrected chi connectivity index (χ2v) is 13.7. The van der Waals surface area contributed by atoms with Gasteiger partial charge in [-0.2, -0.15) is 0 Å². The summed E-state index contributed by atoms with van der Waals surface area (Å²) < 4.78 is 30.1. The summed E-state index contributed by atoms with van der Waals surface area (Å²) in [4.78, 5) is 54.5. The summed E-state index contributed by atoms with van der Waals surface area (Å²) >= 11 is 0. The second kappa shape index (κ2) is 13.9. The van der Waals surface area contributed by atoms with Gasteiger partial charge in [-0.3, -0.25) is 9.59 Å². The molecule has 3 heterocycles. The number of esters is 1. The zero-order valence-electron chi connectivity index (χ0n) is 27.8. The fraction of sp³-hybridized carbons (Fsp3) is 0.871. The lowest BCUT2D eigenvalue weighted by molar-refractivity contribution is -0.266. The zero-order chi connectivity index (χ0) is 33.3. The molecule has 0 bridgehead atoms. The number of primary amides is 1. The number of fused-ring (bicyclic) bond motifs is 1. The van der Waals surface area contributed by atoms with E-state index in [0.29, 0.717) is 12.8 Å². The van der Waals surface area contributed by atoms with Gasteiger partial charge in [0.25, 0.3) is 0 Å². The first-order chi connectivity index (χ1) is 20.3. The summed E-state index contributed by atoms with van der Waals surface area (Å²) in [7, 11) is 3.95. The molecule has 0 unspecified atom stereocenters. The zero-order valence-corrected chi connectivity index (χ0v) is 27.8. The first-order valence-electron chi connectivity index (χ1n) is 15.7. The van der Waals surface area contributed by atoms with Crippen molar-refractivity contribution in [3.05, 3.63) is 0 Å². The SMILES string of the molecule is CC[C@H]1OC(=O)[C@H](C)[C@@H](O)[C@H](C)[C@@H](O[C@H]2C[C@@H](N(C)C)C[C@@H](C)O2)[C@](C)(OC(N)=O)C[C@@H](C)C(=O)[C@H](C)[C@H]2NC(=O)O[C@@]21C. The maximum atomic E-state index is 14.0. The Balaban J connectivity index is 2.11. The van der Waals surface area contributed by atoms with Crippen LogP contribution in [-0.4, -0.2) is 102 Å². The number of ketones is 1. The van der Waals surface area contributed by atoms with Crippen LogP contribution in [0.15, 0.2) is 0 Å². The number of nitrogens with two attached hydrogens (primary N) is 1. The highest BCUT2D eigenvalue weighted by Gasteiger charge is 2.57. The summed E-state index contributed by atoms with van der Waals surface area (Å²) in [6.45, 7) is 13.6. The number of nitrogens with one attached hydrogen (secondary N) is 1. The Morgan fingerprint density at radius 3 is 2.30 bits per heavy atom. The van der Waals surface area contributed by atoms with Crippen LogP contribution in [0.25, 0.3) is 0 Å². The van der Waals surface area contributed by atoms with Gasteiger partial charge in [-0.1, -0.05) is 27.7 Å². The number of Topliss-reactive ketones (excluding diaryl/α,β-unsaturated/α-hetero) is 1. The third-order valence-electron chi connectivity index (χ3n) is 9.94. The van der Waals surface area contributed by atoms with Gasteiger partial charge in [0.05, 0.1) is 24.2 Å². The summed E-state index contributed by atoms with van der Waals surface area (Å²) in [6.07, 6.45) is -4.38. The van der Waals surface area contributed by atoms with E-state index in [-0.39, 0.29) is 24.3 Å². The fourth-order valence-electron chi connectivity index (χ4n) is 7.41. The third kappa shape index (κ3) is 7.48. The van der Waals surface area contributed by atoms with Gasteiger partial charge < -0.3 is 44.7 Å². The van der Waals surface area contributed by atoms with Gasteiger partial charge in [-0.25, -0.2) is 9.59 Å². The topological polar surface area (TPSA) is 176 Å². The molecular formula is C31H53N3O10. The number of alkyl carbamates (subject to hydrolysis) is 1. The van der Waals surface area contributed by atoms with E-state index in [2.05, 4.69) is 10.2 Å². The highest BCUT2D eigenvalue weighted by Crippen LogP contribution is 2.41. The van der Waals surface area contributed by atoms with Crippen molar-refractivity contribution in [1.29, 1.82) is 0 Å². The molecule has 0 aromatic heterocycles. The van der Waals surface area contributed by atoms with Gasteiger partial charge in [0.2, 0.25) is 0 Å². The number of aliphatic hydroxyl groups is 1. The van der Waals surface area contributed by atoms with Crippen LogP contribution in [-0.2, 0) is 33.3 Å². The number of rotatable bonds is 5. The lowest BCUT2D eigenvalue weighted by Crippen LogP contribution is -2.59. The van der Waals surface area contributed by atoms with E-state index in [1.165, 1.54) is 0 Å². The highest BCUT2D eigenvalue weighted by molar-refractivity contribution is 5.85. The lowest BCUT2D eigenvalue weighted by Gasteiger charge is -2.46. The first-order valence-corrected chi connectivity index (χ1v) is 15.7. The van der Waals surface area contributed by atoms with Crippen LogP contribution < -0.4 is 11.1 Å². The second-order valence-electron chi connectivity index (χ2n) is 13.7. The molecule has 13 heteroatoms. The van der Waals surface area contributed by atoms with Gasteiger partial charge in [0, 0.05) is 30.2 Å². The lowest BCUT2D eigenvalue weighted by atomic mass is 9.73. The molecule has 2 amide bonds. The van der Waals surface area contributed by atoms with Crippen LogP contribution >= 0.6 is 0 Å². The molecule has 0 aromatic rings. The third-order valence-corrected chi connectivity index (χ3v) is 9.94. The molecule has 252 valence electrons. The maximum absolute atomic E-state index is 14.0. The molecule has 3 saturated heterocycles. The molecule has 3 fully saturated rings. The number of cyclic esters (lactones) is 1. The van der Waals surface area contributed by atoms with Crippen molar-refractivity contribution < 1.29 is 48.0 Å². The number of hydrogen-bond donors (Lipinski definition) is 3. The molecule has 0 saturated carbocycles. The summed E-state index contributed by atoms with van der Waals surface area (Å²) in [6, 6.07) is -0.676. The molecule has 0 aromatic carbocycles. The summed E-state index contributed by atoms with van der Waals surface area (Å²) in [5.74, 6) is -4.30. The Labute approximate surface area is 260 Å². The molecule has 4 N–H and O–H groups in total. The van der Waals surface area contributed by atoms with E-state index in [4.69, 9.17) is 29.4 Å².